The fraction of sp³-hybridized carbons (Fsp3) is 0.538. The third-order valence-corrected chi connectivity index (χ3v) is 4.63. The molecule has 3 N–H and O–H groups in total. The maximum absolute atomic E-state index is 11.4. The van der Waals surface area contributed by atoms with Crippen molar-refractivity contribution in [3.63, 3.8) is 0 Å². The first kappa shape index (κ1) is 14.0. The first-order valence-electron chi connectivity index (χ1n) is 6.35. The first-order valence-corrected chi connectivity index (χ1v) is 7.16. The van der Waals surface area contributed by atoms with Crippen molar-refractivity contribution >= 4 is 23.2 Å². The Kier molecular flexibility index (Phi) is 4.21. The van der Waals surface area contributed by atoms with Crippen molar-refractivity contribution < 1.29 is 14.7 Å². The third kappa shape index (κ3) is 3.13. The number of rotatable bonds is 4. The lowest BCUT2D eigenvalue weighted by Crippen LogP contribution is -2.47. The number of hydrogen-bond donors (Lipinski definition) is 2. The number of amides is 1. The summed E-state index contributed by atoms with van der Waals surface area (Å²) in [5.74, 6) is -1.18. The molecule has 1 aromatic rings. The minimum Gasteiger partial charge on any atom is -0.477 e. The number of carboxylic acids is 1. The van der Waals surface area contributed by atoms with Crippen LogP contribution in [0.15, 0.2) is 6.07 Å². The van der Waals surface area contributed by atoms with Gasteiger partial charge in [-0.25, -0.2) is 4.79 Å². The molecule has 1 saturated heterocycles. The topological polar surface area (TPSA) is 83.6 Å². The molecule has 1 aliphatic heterocycles. The predicted octanol–water partition coefficient (Wildman–Crippen LogP) is 1.59. The third-order valence-electron chi connectivity index (χ3n) is 3.55. The summed E-state index contributed by atoms with van der Waals surface area (Å²) in [7, 11) is 0. The number of piperidine rings is 1. The maximum Gasteiger partial charge on any atom is 0.345 e. The quantitative estimate of drug-likeness (QED) is 0.878. The molecule has 1 aliphatic rings. The zero-order valence-corrected chi connectivity index (χ0v) is 11.7. The van der Waals surface area contributed by atoms with Crippen LogP contribution in [0.25, 0.3) is 0 Å². The van der Waals surface area contributed by atoms with E-state index in [1.54, 1.807) is 6.07 Å². The summed E-state index contributed by atoms with van der Waals surface area (Å²) in [5.41, 5.74) is 6.41. The van der Waals surface area contributed by atoms with E-state index in [0.29, 0.717) is 11.4 Å². The number of nitrogens with two attached hydrogens (primary N) is 1. The fourth-order valence-corrected chi connectivity index (χ4v) is 3.38. The summed E-state index contributed by atoms with van der Waals surface area (Å²) in [6.07, 6.45) is 2.87. The number of carbonyl (C=O) groups excluding carboxylic acids is 1. The highest BCUT2D eigenvalue weighted by Gasteiger charge is 2.27. The summed E-state index contributed by atoms with van der Waals surface area (Å²) in [5, 5.41) is 8.99. The fourth-order valence-electron chi connectivity index (χ4n) is 2.50. The number of thiophene rings is 1. The molecule has 1 atom stereocenters. The molecule has 0 spiro atoms. The highest BCUT2D eigenvalue weighted by atomic mass is 32.1. The van der Waals surface area contributed by atoms with Crippen LogP contribution in [-0.4, -0.2) is 34.5 Å². The van der Waals surface area contributed by atoms with Crippen molar-refractivity contribution in [2.75, 3.05) is 6.54 Å². The zero-order chi connectivity index (χ0) is 14.0. The molecule has 2 heterocycles. The van der Waals surface area contributed by atoms with Crippen molar-refractivity contribution in [2.24, 2.45) is 5.73 Å². The Morgan fingerprint density at radius 1 is 1.53 bits per heavy atom. The largest absolute Gasteiger partial charge is 0.477 e. The first-order chi connectivity index (χ1) is 8.99. The molecule has 0 bridgehead atoms. The van der Waals surface area contributed by atoms with E-state index in [-0.39, 0.29) is 11.9 Å². The Labute approximate surface area is 116 Å². The number of nitrogens with zero attached hydrogens (tertiary/aromatic N) is 1. The summed E-state index contributed by atoms with van der Waals surface area (Å²) in [6, 6.07) is 1.48. The second-order valence-electron chi connectivity index (χ2n) is 4.88. The van der Waals surface area contributed by atoms with E-state index in [1.807, 2.05) is 6.92 Å². The predicted molar refractivity (Wildman–Crippen MR) is 73.3 cm³/mol. The van der Waals surface area contributed by atoms with Crippen LogP contribution in [0.1, 0.15) is 39.4 Å². The van der Waals surface area contributed by atoms with Gasteiger partial charge in [-0.1, -0.05) is 6.42 Å². The molecule has 1 unspecified atom stereocenters. The number of hydrogen-bond acceptors (Lipinski definition) is 4. The molecule has 0 radical (unpaired) electrons. The van der Waals surface area contributed by atoms with Crippen molar-refractivity contribution in [2.45, 2.75) is 38.8 Å². The van der Waals surface area contributed by atoms with E-state index in [2.05, 4.69) is 4.90 Å². The van der Waals surface area contributed by atoms with Gasteiger partial charge in [-0.05, 0) is 37.9 Å². The molecule has 19 heavy (non-hydrogen) atoms. The number of likely N-dealkylation sites (tertiary alicyclic amines) is 1. The highest BCUT2D eigenvalue weighted by Crippen LogP contribution is 2.26. The van der Waals surface area contributed by atoms with Gasteiger partial charge in [0.2, 0.25) is 5.91 Å². The molecule has 0 aromatic carbocycles. The van der Waals surface area contributed by atoms with E-state index < -0.39 is 5.97 Å². The minimum absolute atomic E-state index is 0.221. The molecule has 6 heteroatoms. The van der Waals surface area contributed by atoms with E-state index in [0.717, 1.165) is 36.2 Å². The lowest BCUT2D eigenvalue weighted by atomic mass is 10.0. The van der Waals surface area contributed by atoms with E-state index in [9.17, 15) is 9.59 Å². The molecular weight excluding hydrogens is 264 g/mol. The molecule has 0 aliphatic carbocycles. The summed E-state index contributed by atoms with van der Waals surface area (Å²) in [4.78, 5) is 25.8. The Morgan fingerprint density at radius 3 is 2.84 bits per heavy atom. The van der Waals surface area contributed by atoms with Gasteiger partial charge in [0.1, 0.15) is 4.88 Å². The Morgan fingerprint density at radius 2 is 2.26 bits per heavy atom. The van der Waals surface area contributed by atoms with Crippen LogP contribution in [0.3, 0.4) is 0 Å². The number of carboxylic acid groups (broad SMARTS) is 1. The van der Waals surface area contributed by atoms with Crippen LogP contribution in [-0.2, 0) is 11.3 Å². The number of primary amides is 1. The number of aromatic carboxylic acids is 1. The SMILES string of the molecule is Cc1sc(C(=O)O)cc1CN1CCCCC1C(N)=O. The van der Waals surface area contributed by atoms with Crippen LogP contribution in [0.2, 0.25) is 0 Å². The van der Waals surface area contributed by atoms with Crippen LogP contribution >= 0.6 is 11.3 Å². The Hall–Kier alpha value is -1.40. The van der Waals surface area contributed by atoms with Crippen LogP contribution in [0, 0.1) is 6.92 Å². The van der Waals surface area contributed by atoms with Crippen LogP contribution in [0.4, 0.5) is 0 Å². The second kappa shape index (κ2) is 5.71. The van der Waals surface area contributed by atoms with Crippen molar-refractivity contribution in [1.82, 2.24) is 4.90 Å². The van der Waals surface area contributed by atoms with E-state index in [4.69, 9.17) is 10.8 Å². The van der Waals surface area contributed by atoms with Crippen molar-refractivity contribution in [1.29, 1.82) is 0 Å². The van der Waals surface area contributed by atoms with Gasteiger partial charge >= 0.3 is 5.97 Å². The van der Waals surface area contributed by atoms with Gasteiger partial charge in [-0.2, -0.15) is 0 Å². The van der Waals surface area contributed by atoms with Gasteiger partial charge < -0.3 is 10.8 Å². The summed E-state index contributed by atoms with van der Waals surface area (Å²) in [6.45, 7) is 3.35. The molecule has 1 amide bonds. The Balaban J connectivity index is 2.14. The number of aryl methyl sites for hydroxylation is 1. The summed E-state index contributed by atoms with van der Waals surface area (Å²) >= 11 is 1.28. The lowest BCUT2D eigenvalue weighted by Gasteiger charge is -2.33. The van der Waals surface area contributed by atoms with Crippen molar-refractivity contribution in [3.8, 4) is 0 Å². The smallest absolute Gasteiger partial charge is 0.345 e. The highest BCUT2D eigenvalue weighted by molar-refractivity contribution is 7.14. The standard InChI is InChI=1S/C13H18N2O3S/c1-8-9(6-11(19-8)13(17)18)7-15-5-3-2-4-10(15)12(14)16/h6,10H,2-5,7H2,1H3,(H2,14,16)(H,17,18). The van der Waals surface area contributed by atoms with Gasteiger partial charge in [0.25, 0.3) is 0 Å². The molecule has 2 rings (SSSR count). The average Bonchev–Trinajstić information content (AvgIpc) is 2.72. The molecule has 0 saturated carbocycles. The van der Waals surface area contributed by atoms with Crippen LogP contribution < -0.4 is 5.73 Å². The molecule has 5 nitrogen and oxygen atoms in total. The van der Waals surface area contributed by atoms with E-state index in [1.165, 1.54) is 11.3 Å². The minimum atomic E-state index is -0.899. The molecule has 104 valence electrons. The second-order valence-corrected chi connectivity index (χ2v) is 6.14. The molecule has 1 aromatic heterocycles. The zero-order valence-electron chi connectivity index (χ0n) is 10.9. The van der Waals surface area contributed by atoms with Gasteiger partial charge in [0.15, 0.2) is 0 Å². The van der Waals surface area contributed by atoms with Gasteiger partial charge in [-0.3, -0.25) is 9.69 Å². The van der Waals surface area contributed by atoms with Crippen LogP contribution in [0.5, 0.6) is 0 Å². The monoisotopic (exact) mass is 282 g/mol. The van der Waals surface area contributed by atoms with Gasteiger partial charge in [0.05, 0.1) is 6.04 Å². The van der Waals surface area contributed by atoms with Gasteiger partial charge in [0, 0.05) is 11.4 Å². The Bertz CT molecular complexity index is 498. The molecule has 1 fully saturated rings. The lowest BCUT2D eigenvalue weighted by molar-refractivity contribution is -0.124. The average molecular weight is 282 g/mol. The van der Waals surface area contributed by atoms with E-state index >= 15 is 0 Å². The molecular formula is C13H18N2O3S. The van der Waals surface area contributed by atoms with Crippen molar-refractivity contribution in [3.05, 3.63) is 21.4 Å². The maximum atomic E-state index is 11.4. The number of carbonyl (C=O) groups is 2. The van der Waals surface area contributed by atoms with Gasteiger partial charge in [-0.15, -0.1) is 11.3 Å². The summed E-state index contributed by atoms with van der Waals surface area (Å²) < 4.78 is 0. The normalized spacial score (nSPS) is 20.4.